The summed E-state index contributed by atoms with van der Waals surface area (Å²) in [5.41, 5.74) is 4.73. The van der Waals surface area contributed by atoms with Crippen LogP contribution >= 0.6 is 11.9 Å². The van der Waals surface area contributed by atoms with Crippen LogP contribution in [0.15, 0.2) is 118 Å². The largest absolute Gasteiger partial charge is 0.484 e. The van der Waals surface area contributed by atoms with Crippen LogP contribution in [0.25, 0.3) is 39.5 Å². The summed E-state index contributed by atoms with van der Waals surface area (Å²) in [6, 6.07) is 31.8. The first kappa shape index (κ1) is 45.1. The van der Waals surface area contributed by atoms with E-state index in [1.165, 1.54) is 12.1 Å². The summed E-state index contributed by atoms with van der Waals surface area (Å²) < 4.78 is 14.0. The van der Waals surface area contributed by atoms with Gasteiger partial charge in [-0.3, -0.25) is 19.5 Å². The van der Waals surface area contributed by atoms with Gasteiger partial charge in [0.15, 0.2) is 6.61 Å². The summed E-state index contributed by atoms with van der Waals surface area (Å²) in [5, 5.41) is 35.6. The molecule has 3 amide bonds. The number of nitrogens with one attached hydrogen (secondary N) is 3. The molecule has 1 aliphatic heterocycles. The normalized spacial score (nSPS) is 11.1. The number of ether oxygens (including phenoxy) is 1. The zero-order valence-electron chi connectivity index (χ0n) is 35.4. The molecular formula is C48H48N7O7S+. The number of unbranched alkanes of at least 4 members (excludes halogenated alkanes) is 2. The number of aromatic carboxylic acids is 1. The number of benzene rings is 5. The summed E-state index contributed by atoms with van der Waals surface area (Å²) >= 11 is 1.09. The summed E-state index contributed by atoms with van der Waals surface area (Å²) in [7, 11) is 7.75. The molecule has 6 rings (SSSR count). The van der Waals surface area contributed by atoms with Gasteiger partial charge in [0.2, 0.25) is 5.36 Å². The molecule has 0 aromatic heterocycles. The van der Waals surface area contributed by atoms with Crippen LogP contribution in [0.5, 0.6) is 5.75 Å². The van der Waals surface area contributed by atoms with Crippen molar-refractivity contribution < 1.29 is 33.4 Å². The van der Waals surface area contributed by atoms with Crippen molar-refractivity contribution in [1.29, 1.82) is 5.26 Å². The Bertz CT molecular complexity index is 2770. The van der Waals surface area contributed by atoms with E-state index in [1.807, 2.05) is 80.1 Å². The van der Waals surface area contributed by atoms with Crippen molar-refractivity contribution in [3.63, 3.8) is 0 Å². The van der Waals surface area contributed by atoms with Gasteiger partial charge in [-0.15, -0.1) is 0 Å². The first-order valence-electron chi connectivity index (χ1n) is 20.1. The van der Waals surface area contributed by atoms with Crippen LogP contribution in [0.3, 0.4) is 0 Å². The van der Waals surface area contributed by atoms with Crippen molar-refractivity contribution in [1.82, 2.24) is 15.2 Å². The van der Waals surface area contributed by atoms with Crippen LogP contribution in [-0.2, 0) is 9.59 Å². The highest BCUT2D eigenvalue weighted by molar-refractivity contribution is 7.97. The predicted octanol–water partition coefficient (Wildman–Crippen LogP) is 6.61. The third-order valence-electron chi connectivity index (χ3n) is 10.1. The Labute approximate surface area is 369 Å². The van der Waals surface area contributed by atoms with Gasteiger partial charge >= 0.3 is 5.97 Å². The molecule has 0 saturated heterocycles. The van der Waals surface area contributed by atoms with Crippen LogP contribution in [0.1, 0.15) is 45.5 Å². The molecule has 0 unspecified atom stereocenters. The number of carbonyl (C=O) groups excluding carboxylic acids is 3. The van der Waals surface area contributed by atoms with Gasteiger partial charge in [-0.2, -0.15) is 5.26 Å². The SMILES string of the molecule is CN(C)c1ccc2c(-c3ccc(C(=O)NCCCCCNC(=O)COc4ccc(/C=C(\C#N)C(=O)Nc5ccc(SN)cc5)cc4)cc3C(=O)O)c3ccc(=[N+](C)C)cc-3oc2c1. The molecule has 14 nitrogen and oxygen atoms in total. The lowest BCUT2D eigenvalue weighted by Crippen LogP contribution is -2.30. The van der Waals surface area contributed by atoms with Crippen molar-refractivity contribution in [2.24, 2.45) is 5.14 Å². The summed E-state index contributed by atoms with van der Waals surface area (Å²) in [6.07, 6.45) is 3.50. The van der Waals surface area contributed by atoms with Gasteiger partial charge < -0.3 is 35.1 Å². The van der Waals surface area contributed by atoms with Gasteiger partial charge in [0.25, 0.3) is 17.7 Å². The van der Waals surface area contributed by atoms with Crippen molar-refractivity contribution in [2.45, 2.75) is 24.2 Å². The first-order chi connectivity index (χ1) is 30.3. The minimum absolute atomic E-state index is 0.00409. The Morgan fingerprint density at radius 1 is 0.873 bits per heavy atom. The first-order valence-corrected chi connectivity index (χ1v) is 21.0. The fourth-order valence-corrected chi connectivity index (χ4v) is 7.04. The highest BCUT2D eigenvalue weighted by Crippen LogP contribution is 2.42. The lowest BCUT2D eigenvalue weighted by molar-refractivity contribution is -0.123. The summed E-state index contributed by atoms with van der Waals surface area (Å²) in [4.78, 5) is 53.8. The molecule has 4 aromatic rings. The topological polar surface area (TPSA) is 203 Å². The maximum Gasteiger partial charge on any atom is 0.336 e. The third-order valence-corrected chi connectivity index (χ3v) is 10.7. The Morgan fingerprint density at radius 2 is 1.59 bits per heavy atom. The second-order valence-electron chi connectivity index (χ2n) is 15.0. The molecule has 2 aliphatic rings. The van der Waals surface area contributed by atoms with Gasteiger partial charge in [0.05, 0.1) is 11.6 Å². The van der Waals surface area contributed by atoms with Gasteiger partial charge in [-0.25, -0.2) is 9.37 Å². The molecule has 15 heteroatoms. The number of nitriles is 1. The smallest absolute Gasteiger partial charge is 0.336 e. The van der Waals surface area contributed by atoms with Gasteiger partial charge in [0, 0.05) is 77.7 Å². The molecule has 4 aromatic carbocycles. The van der Waals surface area contributed by atoms with Gasteiger partial charge in [-0.1, -0.05) is 18.2 Å². The van der Waals surface area contributed by atoms with E-state index in [9.17, 15) is 29.5 Å². The predicted molar refractivity (Wildman–Crippen MR) is 247 cm³/mol. The molecule has 0 radical (unpaired) electrons. The van der Waals surface area contributed by atoms with Crippen LogP contribution in [0, 0.1) is 11.3 Å². The van der Waals surface area contributed by atoms with Crippen LogP contribution in [0.2, 0.25) is 0 Å². The zero-order chi connectivity index (χ0) is 45.0. The van der Waals surface area contributed by atoms with Gasteiger partial charge in [-0.05, 0) is 115 Å². The second-order valence-corrected chi connectivity index (χ2v) is 15.7. The molecule has 0 spiro atoms. The number of carboxylic acid groups (broad SMARTS) is 1. The van der Waals surface area contributed by atoms with E-state index in [0.717, 1.165) is 45.3 Å². The molecule has 1 heterocycles. The van der Waals surface area contributed by atoms with Crippen molar-refractivity contribution in [3.8, 4) is 34.3 Å². The minimum Gasteiger partial charge on any atom is -0.484 e. The van der Waals surface area contributed by atoms with Crippen LogP contribution in [-0.4, -0.2) is 76.7 Å². The average molecular weight is 867 g/mol. The maximum atomic E-state index is 13.2. The van der Waals surface area contributed by atoms with Crippen molar-refractivity contribution in [3.05, 3.63) is 131 Å². The number of carbonyl (C=O) groups is 4. The standard InChI is InChI=1S/C48H47N7O7S/c1-54(2)34-13-20-39-42(26-34)62-43-27-35(55(3)4)14-21-40(43)45(39)38-19-10-31(25-41(38)48(59)60)46(57)52-23-7-5-6-22-51-44(56)29-61-36-15-8-30(9-16-36)24-32(28-49)47(58)53-33-11-17-37(63-50)18-12-33/h8-21,24-27H,5-7,22-23,29,50H2,1-4H3,(H3-,51,52,53,56,57,58,59,60)/p+1/b32-24+. The molecule has 63 heavy (non-hydrogen) atoms. The number of nitrogens with two attached hydrogens (primary N) is 1. The monoisotopic (exact) mass is 866 g/mol. The van der Waals surface area contributed by atoms with E-state index in [-0.39, 0.29) is 35.1 Å². The Morgan fingerprint density at radius 3 is 2.25 bits per heavy atom. The second kappa shape index (κ2) is 20.9. The quantitative estimate of drug-likeness (QED) is 0.0165. The lowest BCUT2D eigenvalue weighted by Gasteiger charge is -2.19. The minimum atomic E-state index is -1.16. The van der Waals surface area contributed by atoms with E-state index < -0.39 is 11.9 Å². The molecule has 0 bridgehead atoms. The Balaban J connectivity index is 0.974. The molecule has 0 saturated carbocycles. The molecule has 0 atom stereocenters. The number of hydrogen-bond donors (Lipinski definition) is 5. The van der Waals surface area contributed by atoms with Gasteiger partial charge in [0.1, 0.15) is 42.8 Å². The summed E-state index contributed by atoms with van der Waals surface area (Å²) in [6.45, 7) is 0.587. The average Bonchev–Trinajstić information content (AvgIpc) is 3.28. The number of amides is 3. The molecular weight excluding hydrogens is 819 g/mol. The zero-order valence-corrected chi connectivity index (χ0v) is 36.2. The fourth-order valence-electron chi connectivity index (χ4n) is 6.74. The lowest BCUT2D eigenvalue weighted by atomic mass is 9.89. The maximum absolute atomic E-state index is 13.2. The van der Waals surface area contributed by atoms with E-state index in [1.54, 1.807) is 60.7 Å². The van der Waals surface area contributed by atoms with E-state index in [0.29, 0.717) is 65.4 Å². The Kier molecular flexibility index (Phi) is 15.0. The molecule has 0 fully saturated rings. The fraction of sp³-hybridized carbons (Fsp3) is 0.208. The van der Waals surface area contributed by atoms with Crippen LogP contribution in [0.4, 0.5) is 11.4 Å². The molecule has 322 valence electrons. The highest BCUT2D eigenvalue weighted by Gasteiger charge is 2.24. The van der Waals surface area contributed by atoms with E-state index in [2.05, 4.69) is 16.0 Å². The van der Waals surface area contributed by atoms with Crippen molar-refractivity contribution >= 4 is 64.1 Å². The number of anilines is 2. The number of rotatable bonds is 17. The summed E-state index contributed by atoms with van der Waals surface area (Å²) in [5.74, 6) is -1.34. The van der Waals surface area contributed by atoms with Crippen LogP contribution < -0.4 is 40.7 Å². The number of fused-ring (bicyclic) bond motifs is 2. The van der Waals surface area contributed by atoms with Crippen molar-refractivity contribution in [2.75, 3.05) is 58.1 Å². The van der Waals surface area contributed by atoms with E-state index >= 15 is 0 Å². The molecule has 1 aliphatic carbocycles. The highest BCUT2D eigenvalue weighted by atomic mass is 32.2. The number of hydrogen-bond acceptors (Lipinski definition) is 10. The van der Waals surface area contributed by atoms with E-state index in [4.69, 9.17) is 14.3 Å². The molecule has 6 N–H and O–H groups in total. The third kappa shape index (κ3) is 11.5. The Hall–Kier alpha value is -7.41. The number of carboxylic acids is 1. The number of nitrogens with zero attached hydrogens (tertiary/aromatic N) is 3.